The van der Waals surface area contributed by atoms with E-state index in [0.717, 1.165) is 90.4 Å². The van der Waals surface area contributed by atoms with Crippen molar-refractivity contribution in [2.45, 2.75) is 26.2 Å². The summed E-state index contributed by atoms with van der Waals surface area (Å²) in [7, 11) is 15.3. The number of rotatable bonds is 16. The van der Waals surface area contributed by atoms with Crippen molar-refractivity contribution in [1.29, 1.82) is 0 Å². The van der Waals surface area contributed by atoms with Crippen LogP contribution in [0.3, 0.4) is 0 Å². The summed E-state index contributed by atoms with van der Waals surface area (Å²) in [5, 5.41) is 0. The molecular weight excluding hydrogens is 899 g/mol. The Hall–Kier alpha value is -5.91. The van der Waals surface area contributed by atoms with E-state index in [0.29, 0.717) is 52.6 Å². The first-order valence-corrected chi connectivity index (χ1v) is 21.6. The van der Waals surface area contributed by atoms with E-state index < -0.39 is 0 Å². The molecule has 7 aromatic rings. The molecule has 8 bridgehead atoms. The summed E-state index contributed by atoms with van der Waals surface area (Å²) in [4.78, 5) is 19.0. The van der Waals surface area contributed by atoms with E-state index in [1.807, 2.05) is 0 Å². The van der Waals surface area contributed by atoms with E-state index in [4.69, 9.17) is 28.9 Å². The third-order valence-electron chi connectivity index (χ3n) is 12.1. The van der Waals surface area contributed by atoms with Gasteiger partial charge in [0.2, 0.25) is 0 Å². The molecule has 66 heavy (non-hydrogen) atoms. The summed E-state index contributed by atoms with van der Waals surface area (Å²) in [6.07, 6.45) is 25.3. The molecule has 0 saturated carbocycles. The number of aryl methyl sites for hydroxylation is 4. The molecule has 0 aromatic carbocycles. The average Bonchev–Trinajstić information content (AvgIpc) is 4.16. The van der Waals surface area contributed by atoms with Gasteiger partial charge in [0.25, 0.3) is 23.3 Å². The zero-order chi connectivity index (χ0) is 44.5. The number of hydrogen-bond donors (Lipinski definition) is 2. The molecule has 2 aliphatic heterocycles. The van der Waals surface area contributed by atoms with E-state index in [2.05, 4.69) is 173 Å². The van der Waals surface area contributed by atoms with Gasteiger partial charge in [-0.05, 0) is 48.6 Å². The number of aromatic amines is 2. The minimum atomic E-state index is 0. The van der Waals surface area contributed by atoms with Crippen molar-refractivity contribution in [1.82, 2.24) is 38.2 Å². The standard InChI is InChI=1S/C48H57N12O4.ClH.Mn/c1-53-17-21-57(25-29-61-5)45(53)41-33-9-11-35(49-33)42(46-54(2)18-22-58(46)26-30-62-6)37-13-15-39(51-37)44(48-56(4)20-24-60(48)28-32-64-8)40-16-14-38(52-40)43(36-12-10-34(41)50-36)47-55(3)19-23-59(47)27-31-63-7;;/h9-24H,25-32H2,1-8H3,(H,49,50,51,52);1H;/q+3;;+3. The molecule has 16 nitrogen and oxygen atoms in total. The van der Waals surface area contributed by atoms with Gasteiger partial charge in [-0.3, -0.25) is 0 Å². The predicted octanol–water partition coefficient (Wildman–Crippen LogP) is 1.41. The molecule has 0 unspecified atom stereocenters. The Labute approximate surface area is 400 Å². The quantitative estimate of drug-likeness (QED) is 0.112. The van der Waals surface area contributed by atoms with Crippen molar-refractivity contribution < 1.29 is 66.7 Å². The zero-order valence-electron chi connectivity index (χ0n) is 38.8. The predicted molar refractivity (Wildman–Crippen MR) is 245 cm³/mol. The number of methoxy groups -OCH3 is 4. The first-order valence-electron chi connectivity index (χ1n) is 21.6. The minimum absolute atomic E-state index is 0. The van der Waals surface area contributed by atoms with Crippen LogP contribution in [0.15, 0.2) is 73.8 Å². The van der Waals surface area contributed by atoms with Crippen LogP contribution in [0.4, 0.5) is 0 Å². The van der Waals surface area contributed by atoms with Gasteiger partial charge in [0.1, 0.15) is 98.0 Å². The molecule has 0 atom stereocenters. The number of H-pyrrole nitrogens is 2. The maximum Gasteiger partial charge on any atom is 3.00 e. The number of halogens is 1. The molecule has 18 heteroatoms. The minimum Gasteiger partial charge on any atom is -1.00 e. The van der Waals surface area contributed by atoms with Gasteiger partial charge < -0.3 is 41.3 Å². The third-order valence-corrected chi connectivity index (χ3v) is 12.1. The van der Waals surface area contributed by atoms with Gasteiger partial charge in [0.15, 0.2) is 0 Å². The number of aromatic nitrogens is 12. The van der Waals surface area contributed by atoms with Gasteiger partial charge >= 0.3 is 17.1 Å². The van der Waals surface area contributed by atoms with Gasteiger partial charge in [0, 0.05) is 28.4 Å². The Morgan fingerprint density at radius 1 is 0.424 bits per heavy atom. The fourth-order valence-electron chi connectivity index (χ4n) is 9.00. The van der Waals surface area contributed by atoms with E-state index >= 15 is 0 Å². The second-order valence-electron chi connectivity index (χ2n) is 16.2. The molecule has 9 rings (SSSR count). The number of nitrogens with one attached hydrogen (secondary N) is 2. The maximum absolute atomic E-state index is 5.60. The summed E-state index contributed by atoms with van der Waals surface area (Å²) in [5.74, 6) is 3.95. The van der Waals surface area contributed by atoms with Crippen molar-refractivity contribution in [2.75, 3.05) is 54.9 Å². The molecular formula is C48H58ClMnN12O4+6. The van der Waals surface area contributed by atoms with Crippen molar-refractivity contribution in [3.05, 3.63) is 96.6 Å². The normalized spacial score (nSPS) is 12.0. The van der Waals surface area contributed by atoms with E-state index in [1.54, 1.807) is 28.4 Å². The summed E-state index contributed by atoms with van der Waals surface area (Å²) < 4.78 is 39.9. The van der Waals surface area contributed by atoms with Crippen LogP contribution in [0.2, 0.25) is 0 Å². The SMILES string of the molecule is COCC[n+]1ccn(C)c1-c1c2nc(c(-c3n(C)cc[n+]3CCOC)c3ccc([nH]3)c(-c3n(C)cc[n+]3CCOC)c3nc(c(-c4n(C)cc[n+]4CCOC)c4ccc1[nH]4)C=C3)C=C2.[Cl-].[Mn+3]. The van der Waals surface area contributed by atoms with Gasteiger partial charge in [-0.25, -0.2) is 46.5 Å². The van der Waals surface area contributed by atoms with E-state index in [1.165, 1.54) is 0 Å². The Morgan fingerprint density at radius 3 is 0.864 bits per heavy atom. The first-order chi connectivity index (χ1) is 31.2. The van der Waals surface area contributed by atoms with Crippen molar-refractivity contribution in [3.63, 3.8) is 0 Å². The molecule has 0 saturated heterocycles. The number of imidazole rings is 4. The molecule has 0 spiro atoms. The molecule has 9 heterocycles. The Balaban J connectivity index is 0.00000324. The second-order valence-corrected chi connectivity index (χ2v) is 16.2. The molecule has 0 amide bonds. The summed E-state index contributed by atoms with van der Waals surface area (Å²) in [6, 6.07) is 8.65. The van der Waals surface area contributed by atoms with Gasteiger partial charge in [-0.2, -0.15) is 0 Å². The molecule has 342 valence electrons. The topological polar surface area (TPSA) is 130 Å². The zero-order valence-corrected chi connectivity index (χ0v) is 40.7. The van der Waals surface area contributed by atoms with E-state index in [-0.39, 0.29) is 29.5 Å². The third kappa shape index (κ3) is 8.87. The van der Waals surface area contributed by atoms with Crippen LogP contribution in [-0.2, 0) is 90.4 Å². The molecule has 2 aliphatic rings. The first kappa shape index (κ1) is 48.0. The Morgan fingerprint density at radius 2 is 0.652 bits per heavy atom. The molecule has 0 aliphatic carbocycles. The van der Waals surface area contributed by atoms with Crippen molar-refractivity contribution >= 4 is 46.4 Å². The van der Waals surface area contributed by atoms with Gasteiger partial charge in [0.05, 0.1) is 99.5 Å². The van der Waals surface area contributed by atoms with Crippen LogP contribution in [-0.4, -0.2) is 93.1 Å². The smallest absolute Gasteiger partial charge is 1.00 e. The summed E-state index contributed by atoms with van der Waals surface area (Å²) in [5.41, 5.74) is 10.8. The van der Waals surface area contributed by atoms with Crippen LogP contribution in [0.25, 0.3) is 91.9 Å². The largest absolute Gasteiger partial charge is 3.00 e. The van der Waals surface area contributed by atoms with Gasteiger partial charge in [-0.1, -0.05) is 0 Å². The van der Waals surface area contributed by atoms with Crippen LogP contribution in [0, 0.1) is 0 Å². The monoisotopic (exact) mass is 956 g/mol. The Kier molecular flexibility index (Phi) is 15.1. The number of ether oxygens (including phenoxy) is 4. The molecule has 0 radical (unpaired) electrons. The second kappa shape index (κ2) is 20.7. The van der Waals surface area contributed by atoms with Crippen LogP contribution in [0.5, 0.6) is 0 Å². The van der Waals surface area contributed by atoms with E-state index in [9.17, 15) is 0 Å². The fourth-order valence-corrected chi connectivity index (χ4v) is 9.00. The average molecular weight is 957 g/mol. The number of hydrogen-bond acceptors (Lipinski definition) is 6. The van der Waals surface area contributed by atoms with Gasteiger partial charge in [-0.15, -0.1) is 0 Å². The maximum atomic E-state index is 5.60. The van der Waals surface area contributed by atoms with Crippen LogP contribution in [0.1, 0.15) is 22.8 Å². The summed E-state index contributed by atoms with van der Waals surface area (Å²) in [6.45, 7) is 4.86. The molecule has 0 fully saturated rings. The molecule has 2 N–H and O–H groups in total. The summed E-state index contributed by atoms with van der Waals surface area (Å²) >= 11 is 0. The Bertz CT molecular complexity index is 2700. The van der Waals surface area contributed by atoms with Crippen LogP contribution >= 0.6 is 0 Å². The fraction of sp³-hybridized carbons (Fsp3) is 0.333. The van der Waals surface area contributed by atoms with Crippen molar-refractivity contribution in [3.8, 4) is 45.6 Å². The number of fused-ring (bicyclic) bond motifs is 8. The van der Waals surface area contributed by atoms with Crippen LogP contribution < -0.4 is 30.7 Å². The number of nitrogens with zero attached hydrogens (tertiary/aromatic N) is 10. The van der Waals surface area contributed by atoms with Crippen molar-refractivity contribution in [2.24, 2.45) is 28.2 Å². The molecule has 7 aromatic heterocycles.